The molecule has 3 heterocycles. The third kappa shape index (κ3) is 4.32. The Morgan fingerprint density at radius 1 is 1.21 bits per heavy atom. The van der Waals surface area contributed by atoms with Crippen LogP contribution in [0.25, 0.3) is 22.6 Å². The van der Waals surface area contributed by atoms with E-state index in [0.29, 0.717) is 22.8 Å². The topological polar surface area (TPSA) is 52.8 Å². The van der Waals surface area contributed by atoms with E-state index in [1.54, 1.807) is 25.5 Å². The molecule has 0 saturated carbocycles. The fourth-order valence-electron chi connectivity index (χ4n) is 2.70. The summed E-state index contributed by atoms with van der Waals surface area (Å²) >= 11 is 1.53. The van der Waals surface area contributed by atoms with Crippen molar-refractivity contribution in [2.45, 2.75) is 37.4 Å². The second-order valence-electron chi connectivity index (χ2n) is 6.76. The van der Waals surface area contributed by atoms with E-state index < -0.39 is 17.5 Å². The highest BCUT2D eigenvalue weighted by Gasteiger charge is 2.33. The minimum atomic E-state index is -4.53. The van der Waals surface area contributed by atoms with Crippen LogP contribution in [0.5, 0.6) is 5.75 Å². The number of thioether (sulfide) groups is 1. The van der Waals surface area contributed by atoms with E-state index in [-0.39, 0.29) is 5.52 Å². The van der Waals surface area contributed by atoms with E-state index in [1.807, 2.05) is 13.0 Å². The molecule has 0 bridgehead atoms. The third-order valence-electron chi connectivity index (χ3n) is 4.12. The Morgan fingerprint density at radius 3 is 2.55 bits per heavy atom. The summed E-state index contributed by atoms with van der Waals surface area (Å²) < 4.78 is 46.4. The molecule has 0 aliphatic heterocycles. The number of terminal acetylenes is 1. The van der Waals surface area contributed by atoms with Gasteiger partial charge in [-0.15, -0.1) is 18.2 Å². The van der Waals surface area contributed by atoms with E-state index in [0.717, 1.165) is 16.7 Å². The van der Waals surface area contributed by atoms with Crippen LogP contribution in [0.15, 0.2) is 29.4 Å². The number of aromatic nitrogens is 4. The predicted octanol–water partition coefficient (Wildman–Crippen LogP) is 4.95. The van der Waals surface area contributed by atoms with Crippen LogP contribution in [0.2, 0.25) is 0 Å². The van der Waals surface area contributed by atoms with Crippen molar-refractivity contribution < 1.29 is 17.9 Å². The van der Waals surface area contributed by atoms with Gasteiger partial charge in [0.1, 0.15) is 17.1 Å². The van der Waals surface area contributed by atoms with Crippen molar-refractivity contribution in [1.29, 1.82) is 0 Å². The summed E-state index contributed by atoms with van der Waals surface area (Å²) in [5, 5.41) is 0. The summed E-state index contributed by atoms with van der Waals surface area (Å²) in [5.74, 6) is 4.28. The molecule has 3 aromatic heterocycles. The monoisotopic (exact) mass is 420 g/mol. The first kappa shape index (κ1) is 21.0. The second-order valence-corrected chi connectivity index (χ2v) is 8.06. The Kier molecular flexibility index (Phi) is 5.50. The van der Waals surface area contributed by atoms with Gasteiger partial charge in [-0.2, -0.15) is 13.2 Å². The molecule has 0 aromatic carbocycles. The number of rotatable bonds is 5. The molecule has 0 unspecified atom stereocenters. The van der Waals surface area contributed by atoms with Gasteiger partial charge in [0.2, 0.25) is 0 Å². The minimum absolute atomic E-state index is 0.202. The number of imidazole rings is 1. The fraction of sp³-hybridized carbons (Fsp3) is 0.350. The Balaban J connectivity index is 2.10. The number of ether oxygens (including phenoxy) is 1. The number of hydrogen-bond acceptors (Lipinski definition) is 5. The van der Waals surface area contributed by atoms with Crippen LogP contribution in [0.1, 0.15) is 26.5 Å². The molecule has 0 N–H and O–H groups in total. The van der Waals surface area contributed by atoms with Gasteiger partial charge >= 0.3 is 6.18 Å². The van der Waals surface area contributed by atoms with Crippen LogP contribution in [0.3, 0.4) is 0 Å². The van der Waals surface area contributed by atoms with Gasteiger partial charge in [0, 0.05) is 11.9 Å². The smallest absolute Gasteiger partial charge is 0.433 e. The average molecular weight is 420 g/mol. The zero-order valence-corrected chi connectivity index (χ0v) is 17.1. The standard InChI is InChI=1S/C20H19F3N4OS/c1-6-19(3,4)28-12-8-15(29-7-2)17(25-10-12)18-26-13-9-16(20(21,22)23)24-11-14(13)27(18)5/h1,8-11H,7H2,2-5H3. The molecule has 0 atom stereocenters. The quantitative estimate of drug-likeness (QED) is 0.432. The van der Waals surface area contributed by atoms with E-state index in [4.69, 9.17) is 11.2 Å². The van der Waals surface area contributed by atoms with Gasteiger partial charge in [-0.1, -0.05) is 12.8 Å². The summed E-state index contributed by atoms with van der Waals surface area (Å²) in [6, 6.07) is 2.76. The van der Waals surface area contributed by atoms with Crippen molar-refractivity contribution in [2.24, 2.45) is 7.05 Å². The van der Waals surface area contributed by atoms with Gasteiger partial charge < -0.3 is 9.30 Å². The van der Waals surface area contributed by atoms with Crippen LogP contribution < -0.4 is 4.74 Å². The number of aryl methyl sites for hydroxylation is 1. The van der Waals surface area contributed by atoms with Crippen molar-refractivity contribution in [2.75, 3.05) is 5.75 Å². The van der Waals surface area contributed by atoms with Gasteiger partial charge in [0.05, 0.1) is 23.4 Å². The number of halogens is 3. The Bertz CT molecular complexity index is 1100. The minimum Gasteiger partial charge on any atom is -0.474 e. The van der Waals surface area contributed by atoms with Crippen molar-refractivity contribution >= 4 is 22.8 Å². The maximum absolute atomic E-state index is 13.0. The summed E-state index contributed by atoms with van der Waals surface area (Å²) in [4.78, 5) is 13.2. The van der Waals surface area contributed by atoms with E-state index >= 15 is 0 Å². The summed E-state index contributed by atoms with van der Waals surface area (Å²) in [6.07, 6.45) is 3.66. The second kappa shape index (κ2) is 7.59. The maximum Gasteiger partial charge on any atom is 0.433 e. The van der Waals surface area contributed by atoms with Gasteiger partial charge in [0.25, 0.3) is 0 Å². The highest BCUT2D eigenvalue weighted by molar-refractivity contribution is 7.99. The van der Waals surface area contributed by atoms with E-state index in [2.05, 4.69) is 20.9 Å². The first-order valence-corrected chi connectivity index (χ1v) is 9.74. The van der Waals surface area contributed by atoms with Crippen LogP contribution in [0.4, 0.5) is 13.2 Å². The van der Waals surface area contributed by atoms with Crippen LogP contribution >= 0.6 is 11.8 Å². The molecule has 0 aliphatic carbocycles. The summed E-state index contributed by atoms with van der Waals surface area (Å²) in [7, 11) is 1.72. The molecule has 3 aromatic rings. The van der Waals surface area contributed by atoms with Crippen LogP contribution in [-0.4, -0.2) is 30.9 Å². The number of alkyl halides is 3. The third-order valence-corrected chi connectivity index (χ3v) is 5.03. The van der Waals surface area contributed by atoms with Crippen LogP contribution in [-0.2, 0) is 13.2 Å². The molecule has 9 heteroatoms. The summed E-state index contributed by atoms with van der Waals surface area (Å²) in [5.41, 5.74) is -0.542. The number of pyridine rings is 2. The van der Waals surface area contributed by atoms with Crippen molar-refractivity contribution in [3.8, 4) is 29.6 Å². The SMILES string of the molecule is C#CC(C)(C)Oc1cnc(-c2nc3cc(C(F)(F)F)ncc3n2C)c(SCC)c1. The van der Waals surface area contributed by atoms with Crippen LogP contribution in [0, 0.1) is 12.3 Å². The largest absolute Gasteiger partial charge is 0.474 e. The summed E-state index contributed by atoms with van der Waals surface area (Å²) in [6.45, 7) is 5.52. The van der Waals surface area contributed by atoms with E-state index in [9.17, 15) is 13.2 Å². The first-order chi connectivity index (χ1) is 13.6. The normalized spacial score (nSPS) is 12.2. The molecule has 0 aliphatic rings. The lowest BCUT2D eigenvalue weighted by molar-refractivity contribution is -0.141. The highest BCUT2D eigenvalue weighted by Crippen LogP contribution is 2.35. The van der Waals surface area contributed by atoms with E-state index in [1.165, 1.54) is 24.2 Å². The number of nitrogens with zero attached hydrogens (tertiary/aromatic N) is 4. The lowest BCUT2D eigenvalue weighted by Crippen LogP contribution is -2.25. The number of fused-ring (bicyclic) bond motifs is 1. The molecular formula is C20H19F3N4OS. The lowest BCUT2D eigenvalue weighted by atomic mass is 10.1. The molecule has 5 nitrogen and oxygen atoms in total. The van der Waals surface area contributed by atoms with Gasteiger partial charge in [-0.3, -0.25) is 0 Å². The Labute approximate surface area is 170 Å². The molecule has 0 radical (unpaired) electrons. The van der Waals surface area contributed by atoms with Gasteiger partial charge in [-0.05, 0) is 31.7 Å². The van der Waals surface area contributed by atoms with Crippen molar-refractivity contribution in [3.05, 3.63) is 30.2 Å². The molecular weight excluding hydrogens is 401 g/mol. The highest BCUT2D eigenvalue weighted by atomic mass is 32.2. The lowest BCUT2D eigenvalue weighted by Gasteiger charge is -2.20. The van der Waals surface area contributed by atoms with Gasteiger partial charge in [0.15, 0.2) is 11.4 Å². The zero-order valence-electron chi connectivity index (χ0n) is 16.3. The molecule has 0 fully saturated rings. The predicted molar refractivity (Wildman–Crippen MR) is 107 cm³/mol. The number of hydrogen-bond donors (Lipinski definition) is 0. The molecule has 3 rings (SSSR count). The first-order valence-electron chi connectivity index (χ1n) is 8.75. The average Bonchev–Trinajstić information content (AvgIpc) is 2.97. The molecule has 0 saturated heterocycles. The van der Waals surface area contributed by atoms with Gasteiger partial charge in [-0.25, -0.2) is 15.0 Å². The van der Waals surface area contributed by atoms with Crippen molar-refractivity contribution in [1.82, 2.24) is 19.5 Å². The molecule has 0 amide bonds. The molecule has 152 valence electrons. The Hall–Kier alpha value is -2.73. The molecule has 0 spiro atoms. The maximum atomic E-state index is 13.0. The fourth-order valence-corrected chi connectivity index (χ4v) is 3.49. The van der Waals surface area contributed by atoms with Crippen molar-refractivity contribution in [3.63, 3.8) is 0 Å². The Morgan fingerprint density at radius 2 is 1.93 bits per heavy atom. The molecule has 29 heavy (non-hydrogen) atoms. The zero-order chi connectivity index (χ0) is 21.4.